The van der Waals surface area contributed by atoms with Crippen molar-refractivity contribution >= 4 is 17.3 Å². The predicted molar refractivity (Wildman–Crippen MR) is 108 cm³/mol. The van der Waals surface area contributed by atoms with Crippen molar-refractivity contribution in [2.45, 2.75) is 25.7 Å². The minimum absolute atomic E-state index is 0.448. The van der Waals surface area contributed by atoms with Crippen molar-refractivity contribution in [1.82, 2.24) is 24.8 Å². The number of benzene rings is 1. The molecule has 0 spiro atoms. The summed E-state index contributed by atoms with van der Waals surface area (Å²) < 4.78 is 7.56. The van der Waals surface area contributed by atoms with Crippen LogP contribution in [-0.2, 0) is 0 Å². The number of aromatic nitrogens is 4. The van der Waals surface area contributed by atoms with Gasteiger partial charge in [-0.1, -0.05) is 28.9 Å². The Hall–Kier alpha value is -3.19. The summed E-state index contributed by atoms with van der Waals surface area (Å²) in [5, 5.41) is 10.9. The number of rotatable bonds is 4. The van der Waals surface area contributed by atoms with Gasteiger partial charge in [0.15, 0.2) is 11.5 Å². The summed E-state index contributed by atoms with van der Waals surface area (Å²) >= 11 is 0. The van der Waals surface area contributed by atoms with Gasteiger partial charge < -0.3 is 15.2 Å². The first kappa shape index (κ1) is 16.9. The molecule has 0 bridgehead atoms. The fourth-order valence-corrected chi connectivity index (χ4v) is 3.80. The van der Waals surface area contributed by atoms with Gasteiger partial charge in [0.2, 0.25) is 5.88 Å². The minimum Gasteiger partial charge on any atom is -0.338 e. The Kier molecular flexibility index (Phi) is 4.29. The Bertz CT molecular complexity index is 1110. The largest absolute Gasteiger partial charge is 0.338 e. The van der Waals surface area contributed by atoms with E-state index in [4.69, 9.17) is 4.52 Å². The molecule has 1 aliphatic heterocycles. The van der Waals surface area contributed by atoms with Gasteiger partial charge in [-0.25, -0.2) is 9.97 Å². The molecule has 7 heteroatoms. The molecule has 1 fully saturated rings. The number of piperidine rings is 1. The summed E-state index contributed by atoms with van der Waals surface area (Å²) in [5.74, 6) is 1.69. The van der Waals surface area contributed by atoms with Gasteiger partial charge in [0.25, 0.3) is 0 Å². The van der Waals surface area contributed by atoms with E-state index in [1.807, 2.05) is 22.9 Å². The van der Waals surface area contributed by atoms with Crippen molar-refractivity contribution < 1.29 is 4.52 Å². The first-order valence-electron chi connectivity index (χ1n) is 9.61. The third kappa shape index (κ3) is 3.14. The molecule has 0 aliphatic carbocycles. The van der Waals surface area contributed by atoms with Crippen molar-refractivity contribution in [3.63, 3.8) is 0 Å². The number of hydrogen-bond acceptors (Lipinski definition) is 6. The van der Waals surface area contributed by atoms with Crippen LogP contribution in [-0.4, -0.2) is 32.6 Å². The average Bonchev–Trinajstić information content (AvgIpc) is 3.39. The summed E-state index contributed by atoms with van der Waals surface area (Å²) in [6, 6.07) is 10.3. The van der Waals surface area contributed by atoms with Crippen LogP contribution in [0.2, 0.25) is 0 Å². The van der Waals surface area contributed by atoms with Gasteiger partial charge >= 0.3 is 0 Å². The van der Waals surface area contributed by atoms with Crippen LogP contribution in [0.15, 0.2) is 53.4 Å². The predicted octanol–water partition coefficient (Wildman–Crippen LogP) is 3.90. The lowest BCUT2D eigenvalue weighted by atomic mass is 9.95. The van der Waals surface area contributed by atoms with Gasteiger partial charge in [0, 0.05) is 29.9 Å². The second kappa shape index (κ2) is 7.09. The molecular weight excluding hydrogens is 352 g/mol. The standard InChI is InChI=1S/C21H22N6O/c1-14-3-2-4-16(11-14)18-13-24-20(21-23-9-10-27(18)21)25-19-12-17(26-28-19)15-5-7-22-8-6-15/h2-4,9-13,15,22H,5-8H2,1H3,(H,24,25). The zero-order valence-corrected chi connectivity index (χ0v) is 15.7. The van der Waals surface area contributed by atoms with Crippen molar-refractivity contribution in [3.05, 3.63) is 60.2 Å². The van der Waals surface area contributed by atoms with Gasteiger partial charge in [-0.2, -0.15) is 0 Å². The van der Waals surface area contributed by atoms with E-state index in [-0.39, 0.29) is 0 Å². The van der Waals surface area contributed by atoms with Gasteiger partial charge in [-0.05, 0) is 38.9 Å². The number of nitrogens with zero attached hydrogens (tertiary/aromatic N) is 4. The lowest BCUT2D eigenvalue weighted by Gasteiger charge is -2.19. The van der Waals surface area contributed by atoms with Gasteiger partial charge in [0.05, 0.1) is 17.6 Å². The van der Waals surface area contributed by atoms with Crippen molar-refractivity contribution in [2.75, 3.05) is 18.4 Å². The SMILES string of the molecule is Cc1cccc(-c2cnc(Nc3cc(C4CCNCC4)no3)c3nccn23)c1. The fourth-order valence-electron chi connectivity index (χ4n) is 3.80. The van der Waals surface area contributed by atoms with Gasteiger partial charge in [-0.3, -0.25) is 4.40 Å². The summed E-state index contributed by atoms with van der Waals surface area (Å²) in [7, 11) is 0. The molecule has 1 aromatic carbocycles. The monoisotopic (exact) mass is 374 g/mol. The molecular formula is C21H22N6O. The van der Waals surface area contributed by atoms with E-state index < -0.39 is 0 Å². The molecule has 28 heavy (non-hydrogen) atoms. The molecule has 142 valence electrons. The van der Waals surface area contributed by atoms with Crippen LogP contribution in [0.3, 0.4) is 0 Å². The van der Waals surface area contributed by atoms with Gasteiger partial charge in [0.1, 0.15) is 0 Å². The Morgan fingerprint density at radius 2 is 2.07 bits per heavy atom. The van der Waals surface area contributed by atoms with E-state index in [0.29, 0.717) is 17.6 Å². The summed E-state index contributed by atoms with van der Waals surface area (Å²) in [4.78, 5) is 9.10. The maximum Gasteiger partial charge on any atom is 0.230 e. The highest BCUT2D eigenvalue weighted by atomic mass is 16.5. The molecule has 0 unspecified atom stereocenters. The average molecular weight is 374 g/mol. The molecule has 1 saturated heterocycles. The van der Waals surface area contributed by atoms with Crippen LogP contribution < -0.4 is 10.6 Å². The lowest BCUT2D eigenvalue weighted by molar-refractivity contribution is 0.394. The molecule has 0 saturated carbocycles. The highest BCUT2D eigenvalue weighted by Gasteiger charge is 2.20. The van der Waals surface area contributed by atoms with E-state index in [1.165, 1.54) is 5.56 Å². The van der Waals surface area contributed by atoms with Crippen LogP contribution in [0.4, 0.5) is 11.7 Å². The molecule has 3 aromatic heterocycles. The van der Waals surface area contributed by atoms with E-state index in [0.717, 1.165) is 48.5 Å². The fraction of sp³-hybridized carbons (Fsp3) is 0.286. The van der Waals surface area contributed by atoms with Crippen molar-refractivity contribution in [3.8, 4) is 11.3 Å². The van der Waals surface area contributed by atoms with E-state index in [1.54, 1.807) is 6.20 Å². The summed E-state index contributed by atoms with van der Waals surface area (Å²) in [5.41, 5.74) is 5.06. The third-order valence-corrected chi connectivity index (χ3v) is 5.27. The van der Waals surface area contributed by atoms with E-state index in [9.17, 15) is 0 Å². The molecule has 0 radical (unpaired) electrons. The summed E-state index contributed by atoms with van der Waals surface area (Å²) in [6.45, 7) is 4.13. The van der Waals surface area contributed by atoms with E-state index >= 15 is 0 Å². The maximum absolute atomic E-state index is 5.52. The van der Waals surface area contributed by atoms with Crippen molar-refractivity contribution in [2.24, 2.45) is 0 Å². The molecule has 2 N–H and O–H groups in total. The second-order valence-electron chi connectivity index (χ2n) is 7.25. The van der Waals surface area contributed by atoms with Crippen LogP contribution in [0.5, 0.6) is 0 Å². The van der Waals surface area contributed by atoms with E-state index in [2.05, 4.69) is 56.9 Å². The van der Waals surface area contributed by atoms with Gasteiger partial charge in [-0.15, -0.1) is 0 Å². The Labute approximate surface area is 162 Å². The normalized spacial score (nSPS) is 15.2. The number of aryl methyl sites for hydroxylation is 1. The molecule has 5 rings (SSSR count). The molecule has 4 heterocycles. The topological polar surface area (TPSA) is 80.3 Å². The Balaban J connectivity index is 1.45. The van der Waals surface area contributed by atoms with Crippen LogP contribution >= 0.6 is 0 Å². The second-order valence-corrected chi connectivity index (χ2v) is 7.25. The van der Waals surface area contributed by atoms with Crippen molar-refractivity contribution in [1.29, 1.82) is 0 Å². The molecule has 7 nitrogen and oxygen atoms in total. The minimum atomic E-state index is 0.448. The number of nitrogens with one attached hydrogen (secondary N) is 2. The quantitative estimate of drug-likeness (QED) is 0.564. The molecule has 0 atom stereocenters. The molecule has 1 aliphatic rings. The highest BCUT2D eigenvalue weighted by molar-refractivity contribution is 5.73. The lowest BCUT2D eigenvalue weighted by Crippen LogP contribution is -2.26. The smallest absolute Gasteiger partial charge is 0.230 e. The van der Waals surface area contributed by atoms with Crippen LogP contribution in [0.1, 0.15) is 30.0 Å². The summed E-state index contributed by atoms with van der Waals surface area (Å²) in [6.07, 6.45) is 7.75. The number of fused-ring (bicyclic) bond motifs is 1. The Morgan fingerprint density at radius 3 is 2.93 bits per heavy atom. The molecule has 0 amide bonds. The maximum atomic E-state index is 5.52. The molecule has 4 aromatic rings. The highest BCUT2D eigenvalue weighted by Crippen LogP contribution is 2.29. The van der Waals surface area contributed by atoms with Crippen LogP contribution in [0.25, 0.3) is 16.9 Å². The number of imidazole rings is 1. The Morgan fingerprint density at radius 1 is 1.18 bits per heavy atom. The number of hydrogen-bond donors (Lipinski definition) is 2. The zero-order valence-electron chi connectivity index (χ0n) is 15.7. The zero-order chi connectivity index (χ0) is 18.9. The van der Waals surface area contributed by atoms with Crippen LogP contribution in [0, 0.1) is 6.92 Å². The number of anilines is 2. The first-order chi connectivity index (χ1) is 13.8. The first-order valence-corrected chi connectivity index (χ1v) is 9.61. The third-order valence-electron chi connectivity index (χ3n) is 5.27.